The van der Waals surface area contributed by atoms with Gasteiger partial charge in [-0.3, -0.25) is 0 Å². The van der Waals surface area contributed by atoms with Crippen molar-refractivity contribution >= 4 is 21.6 Å². The number of aliphatic hydroxyl groups excluding tert-OH is 1. The van der Waals surface area contributed by atoms with E-state index in [9.17, 15) is 13.5 Å². The fourth-order valence-corrected chi connectivity index (χ4v) is 3.71. The van der Waals surface area contributed by atoms with Crippen LogP contribution in [0.2, 0.25) is 5.02 Å². The molecule has 1 aliphatic carbocycles. The zero-order valence-corrected chi connectivity index (χ0v) is 12.1. The summed E-state index contributed by atoms with van der Waals surface area (Å²) in [6.07, 6.45) is 3.01. The Hall–Kier alpha value is -0.620. The highest BCUT2D eigenvalue weighted by Gasteiger charge is 2.22. The van der Waals surface area contributed by atoms with Gasteiger partial charge in [0.15, 0.2) is 0 Å². The maximum Gasteiger partial charge on any atom is 0.240 e. The van der Waals surface area contributed by atoms with Crippen LogP contribution in [-0.4, -0.2) is 26.2 Å². The highest BCUT2D eigenvalue weighted by molar-refractivity contribution is 7.89. The van der Waals surface area contributed by atoms with E-state index in [0.717, 1.165) is 25.7 Å². The van der Waals surface area contributed by atoms with Crippen molar-refractivity contribution in [3.05, 3.63) is 29.3 Å². The lowest BCUT2D eigenvalue weighted by atomic mass is 9.88. The van der Waals surface area contributed by atoms with Gasteiger partial charge >= 0.3 is 0 Å². The smallest absolute Gasteiger partial charge is 0.240 e. The normalized spacial score (nSPS) is 24.3. The molecule has 0 bridgehead atoms. The molecule has 0 aliphatic heterocycles. The van der Waals surface area contributed by atoms with E-state index < -0.39 is 10.0 Å². The predicted octanol–water partition coefficient (Wildman–Crippen LogP) is 2.17. The third kappa shape index (κ3) is 4.18. The predicted molar refractivity (Wildman–Crippen MR) is 74.6 cm³/mol. The number of sulfonamides is 1. The van der Waals surface area contributed by atoms with Crippen LogP contribution >= 0.6 is 11.6 Å². The van der Waals surface area contributed by atoms with E-state index in [1.54, 1.807) is 12.1 Å². The summed E-state index contributed by atoms with van der Waals surface area (Å²) in [6, 6.07) is 6.23. The molecule has 1 aliphatic rings. The Morgan fingerprint density at radius 1 is 1.26 bits per heavy atom. The maximum absolute atomic E-state index is 12.1. The molecule has 1 fully saturated rings. The lowest BCUT2D eigenvalue weighted by Gasteiger charge is -2.25. The number of benzene rings is 1. The molecule has 1 aromatic rings. The quantitative estimate of drug-likeness (QED) is 0.896. The van der Waals surface area contributed by atoms with Crippen molar-refractivity contribution in [1.82, 2.24) is 4.72 Å². The average molecular weight is 304 g/mol. The number of aliphatic hydroxyl groups is 1. The molecule has 0 spiro atoms. The van der Waals surface area contributed by atoms with Gasteiger partial charge in [-0.05, 0) is 49.8 Å². The van der Waals surface area contributed by atoms with Crippen LogP contribution < -0.4 is 4.72 Å². The van der Waals surface area contributed by atoms with E-state index in [1.165, 1.54) is 12.1 Å². The van der Waals surface area contributed by atoms with Crippen LogP contribution in [0.25, 0.3) is 0 Å². The van der Waals surface area contributed by atoms with E-state index in [4.69, 9.17) is 11.6 Å². The van der Waals surface area contributed by atoms with Gasteiger partial charge in [-0.2, -0.15) is 0 Å². The zero-order chi connectivity index (χ0) is 13.9. The maximum atomic E-state index is 12.1. The van der Waals surface area contributed by atoms with Crippen molar-refractivity contribution in [2.24, 2.45) is 5.92 Å². The fraction of sp³-hybridized carbons (Fsp3) is 0.538. The van der Waals surface area contributed by atoms with E-state index in [2.05, 4.69) is 4.72 Å². The molecule has 0 radical (unpaired) electrons. The van der Waals surface area contributed by atoms with Crippen LogP contribution in [0.15, 0.2) is 29.2 Å². The van der Waals surface area contributed by atoms with E-state index >= 15 is 0 Å². The van der Waals surface area contributed by atoms with Gasteiger partial charge in [-0.15, -0.1) is 0 Å². The standard InChI is InChI=1S/C13H18ClNO3S/c14-11-2-1-3-13(8-11)19(17,18)15-9-10-4-6-12(16)7-5-10/h1-3,8,10,12,15-16H,4-7,9H2. The Kier molecular flexibility index (Phi) is 4.84. The Morgan fingerprint density at radius 3 is 2.58 bits per heavy atom. The van der Waals surface area contributed by atoms with Crippen molar-refractivity contribution in [2.75, 3.05) is 6.54 Å². The number of hydrogen-bond acceptors (Lipinski definition) is 3. The summed E-state index contributed by atoms with van der Waals surface area (Å²) in [6.45, 7) is 0.418. The molecule has 4 nitrogen and oxygen atoms in total. The van der Waals surface area contributed by atoms with Crippen molar-refractivity contribution in [1.29, 1.82) is 0 Å². The van der Waals surface area contributed by atoms with Gasteiger partial charge in [-0.25, -0.2) is 13.1 Å². The minimum absolute atomic E-state index is 0.191. The molecular formula is C13H18ClNO3S. The summed E-state index contributed by atoms with van der Waals surface area (Å²) in [4.78, 5) is 0.191. The van der Waals surface area contributed by atoms with Gasteiger partial charge in [0.1, 0.15) is 0 Å². The third-order valence-electron chi connectivity index (χ3n) is 3.48. The van der Waals surface area contributed by atoms with Crippen molar-refractivity contribution in [2.45, 2.75) is 36.7 Å². The van der Waals surface area contributed by atoms with Crippen molar-refractivity contribution < 1.29 is 13.5 Å². The summed E-state index contributed by atoms with van der Waals surface area (Å²) in [5, 5.41) is 9.82. The van der Waals surface area contributed by atoms with Crippen molar-refractivity contribution in [3.63, 3.8) is 0 Å². The second-order valence-electron chi connectivity index (χ2n) is 4.98. The second-order valence-corrected chi connectivity index (χ2v) is 7.19. The summed E-state index contributed by atoms with van der Waals surface area (Å²) in [5.74, 6) is 0.303. The Balaban J connectivity index is 1.95. The van der Waals surface area contributed by atoms with Gasteiger partial charge < -0.3 is 5.11 Å². The van der Waals surface area contributed by atoms with E-state index in [-0.39, 0.29) is 11.0 Å². The van der Waals surface area contributed by atoms with Crippen LogP contribution in [0, 0.1) is 5.92 Å². The lowest BCUT2D eigenvalue weighted by Crippen LogP contribution is -2.32. The zero-order valence-electron chi connectivity index (χ0n) is 10.5. The first-order valence-electron chi connectivity index (χ1n) is 6.40. The fourth-order valence-electron chi connectivity index (χ4n) is 2.29. The van der Waals surface area contributed by atoms with Gasteiger partial charge in [0.05, 0.1) is 11.0 Å². The molecule has 1 saturated carbocycles. The van der Waals surface area contributed by atoms with E-state index in [0.29, 0.717) is 17.5 Å². The van der Waals surface area contributed by atoms with Crippen LogP contribution in [0.3, 0.4) is 0 Å². The molecule has 0 amide bonds. The number of hydrogen-bond donors (Lipinski definition) is 2. The molecule has 19 heavy (non-hydrogen) atoms. The molecule has 0 atom stereocenters. The van der Waals surface area contributed by atoms with E-state index in [1.807, 2.05) is 0 Å². The summed E-state index contributed by atoms with van der Waals surface area (Å²) in [7, 11) is -3.49. The summed E-state index contributed by atoms with van der Waals surface area (Å²) in [5.41, 5.74) is 0. The molecule has 106 valence electrons. The number of nitrogens with one attached hydrogen (secondary N) is 1. The Morgan fingerprint density at radius 2 is 1.95 bits per heavy atom. The lowest BCUT2D eigenvalue weighted by molar-refractivity contribution is 0.109. The van der Waals surface area contributed by atoms with Crippen LogP contribution in [0.5, 0.6) is 0 Å². The third-order valence-corrected chi connectivity index (χ3v) is 5.14. The largest absolute Gasteiger partial charge is 0.393 e. The molecule has 0 saturated heterocycles. The molecule has 0 heterocycles. The first kappa shape index (κ1) is 14.8. The molecule has 1 aromatic carbocycles. The number of rotatable bonds is 4. The van der Waals surface area contributed by atoms with Crippen LogP contribution in [0.1, 0.15) is 25.7 Å². The molecular weight excluding hydrogens is 286 g/mol. The topological polar surface area (TPSA) is 66.4 Å². The second kappa shape index (κ2) is 6.22. The first-order valence-corrected chi connectivity index (χ1v) is 8.27. The minimum atomic E-state index is -3.49. The SMILES string of the molecule is O=S(=O)(NCC1CCC(O)CC1)c1cccc(Cl)c1. The molecule has 2 N–H and O–H groups in total. The molecule has 2 rings (SSSR count). The summed E-state index contributed by atoms with van der Waals surface area (Å²) < 4.78 is 26.8. The minimum Gasteiger partial charge on any atom is -0.393 e. The summed E-state index contributed by atoms with van der Waals surface area (Å²) >= 11 is 5.80. The average Bonchev–Trinajstić information content (AvgIpc) is 2.38. The monoisotopic (exact) mass is 303 g/mol. The van der Waals surface area contributed by atoms with Gasteiger partial charge in [-0.1, -0.05) is 17.7 Å². The number of halogens is 1. The molecule has 0 aromatic heterocycles. The highest BCUT2D eigenvalue weighted by Crippen LogP contribution is 2.24. The first-order chi connectivity index (χ1) is 8.97. The Labute approximate surface area is 118 Å². The van der Waals surface area contributed by atoms with Gasteiger partial charge in [0, 0.05) is 11.6 Å². The highest BCUT2D eigenvalue weighted by atomic mass is 35.5. The van der Waals surface area contributed by atoms with Crippen LogP contribution in [0.4, 0.5) is 0 Å². The van der Waals surface area contributed by atoms with Crippen LogP contribution in [-0.2, 0) is 10.0 Å². The Bertz CT molecular complexity index is 524. The van der Waals surface area contributed by atoms with Gasteiger partial charge in [0.25, 0.3) is 0 Å². The van der Waals surface area contributed by atoms with Gasteiger partial charge in [0.2, 0.25) is 10.0 Å². The molecule has 6 heteroatoms. The molecule has 0 unspecified atom stereocenters. The van der Waals surface area contributed by atoms with Crippen molar-refractivity contribution in [3.8, 4) is 0 Å².